The molecule has 0 saturated carbocycles. The number of methoxy groups -OCH3 is 1. The van der Waals surface area contributed by atoms with Crippen molar-refractivity contribution < 1.29 is 14.3 Å². The average Bonchev–Trinajstić information content (AvgIpc) is 2.54. The number of amides is 1. The van der Waals surface area contributed by atoms with Crippen molar-refractivity contribution in [2.45, 2.75) is 26.5 Å². The molecule has 4 nitrogen and oxygen atoms in total. The predicted molar refractivity (Wildman–Crippen MR) is 86.1 cm³/mol. The van der Waals surface area contributed by atoms with Gasteiger partial charge in [0.15, 0.2) is 6.10 Å². The second kappa shape index (κ2) is 7.50. The van der Waals surface area contributed by atoms with Crippen molar-refractivity contribution in [3.63, 3.8) is 0 Å². The zero-order valence-electron chi connectivity index (χ0n) is 13.1. The highest BCUT2D eigenvalue weighted by Gasteiger charge is 2.15. The van der Waals surface area contributed by atoms with Crippen molar-refractivity contribution >= 4 is 5.91 Å². The van der Waals surface area contributed by atoms with Crippen molar-refractivity contribution in [2.75, 3.05) is 7.11 Å². The molecule has 0 bridgehead atoms. The minimum atomic E-state index is -0.559. The van der Waals surface area contributed by atoms with Gasteiger partial charge in [0.1, 0.15) is 11.5 Å². The monoisotopic (exact) mass is 299 g/mol. The molecule has 1 N–H and O–H groups in total. The first-order valence-corrected chi connectivity index (χ1v) is 7.23. The Morgan fingerprint density at radius 2 is 1.73 bits per heavy atom. The number of carbonyl (C=O) groups excluding carboxylic acids is 1. The largest absolute Gasteiger partial charge is 0.496 e. The van der Waals surface area contributed by atoms with Gasteiger partial charge >= 0.3 is 0 Å². The molecule has 22 heavy (non-hydrogen) atoms. The van der Waals surface area contributed by atoms with Gasteiger partial charge in [-0.05, 0) is 31.5 Å². The molecule has 4 heteroatoms. The van der Waals surface area contributed by atoms with Crippen LogP contribution in [0.3, 0.4) is 0 Å². The van der Waals surface area contributed by atoms with Crippen LogP contribution in [-0.4, -0.2) is 19.1 Å². The van der Waals surface area contributed by atoms with E-state index < -0.39 is 6.10 Å². The zero-order valence-corrected chi connectivity index (χ0v) is 13.1. The fourth-order valence-corrected chi connectivity index (χ4v) is 2.11. The van der Waals surface area contributed by atoms with Crippen molar-refractivity contribution in [3.8, 4) is 11.5 Å². The van der Waals surface area contributed by atoms with Gasteiger partial charge in [-0.15, -0.1) is 0 Å². The lowest BCUT2D eigenvalue weighted by Crippen LogP contribution is -2.36. The smallest absolute Gasteiger partial charge is 0.261 e. The molecule has 0 aliphatic rings. The van der Waals surface area contributed by atoms with Crippen molar-refractivity contribution in [3.05, 3.63) is 59.7 Å². The van der Waals surface area contributed by atoms with Crippen molar-refractivity contribution in [1.82, 2.24) is 5.32 Å². The van der Waals surface area contributed by atoms with E-state index >= 15 is 0 Å². The minimum absolute atomic E-state index is 0.158. The van der Waals surface area contributed by atoms with Crippen molar-refractivity contribution in [1.29, 1.82) is 0 Å². The molecular weight excluding hydrogens is 278 g/mol. The van der Waals surface area contributed by atoms with E-state index in [9.17, 15) is 4.79 Å². The average molecular weight is 299 g/mol. The highest BCUT2D eigenvalue weighted by Crippen LogP contribution is 2.19. The van der Waals surface area contributed by atoms with E-state index in [4.69, 9.17) is 9.47 Å². The van der Waals surface area contributed by atoms with Gasteiger partial charge in [-0.25, -0.2) is 0 Å². The first-order chi connectivity index (χ1) is 10.6. The standard InChI is InChI=1S/C18H21NO3/c1-13-8-4-6-10-16(13)22-14(2)18(20)19-12-15-9-5-7-11-17(15)21-3/h4-11,14H,12H2,1-3H3,(H,19,20)/t14-/m1/s1. The molecule has 0 radical (unpaired) electrons. The molecule has 0 unspecified atom stereocenters. The van der Waals surface area contributed by atoms with Gasteiger partial charge in [-0.1, -0.05) is 36.4 Å². The fourth-order valence-electron chi connectivity index (χ4n) is 2.11. The Hall–Kier alpha value is -2.49. The molecule has 0 heterocycles. The van der Waals surface area contributed by atoms with Gasteiger partial charge in [-0.3, -0.25) is 4.79 Å². The summed E-state index contributed by atoms with van der Waals surface area (Å²) in [7, 11) is 1.62. The molecule has 116 valence electrons. The molecule has 0 spiro atoms. The van der Waals surface area contributed by atoms with Gasteiger partial charge in [0, 0.05) is 12.1 Å². The molecule has 1 atom stereocenters. The maximum Gasteiger partial charge on any atom is 0.261 e. The van der Waals surface area contributed by atoms with Crippen LogP contribution in [0.1, 0.15) is 18.1 Å². The Labute approximate surface area is 131 Å². The van der Waals surface area contributed by atoms with E-state index in [-0.39, 0.29) is 5.91 Å². The van der Waals surface area contributed by atoms with Crippen LogP contribution < -0.4 is 14.8 Å². The molecule has 1 amide bonds. The summed E-state index contributed by atoms with van der Waals surface area (Å²) in [5.41, 5.74) is 1.94. The number of para-hydroxylation sites is 2. The topological polar surface area (TPSA) is 47.6 Å². The van der Waals surface area contributed by atoms with Crippen LogP contribution in [0.5, 0.6) is 11.5 Å². The van der Waals surface area contributed by atoms with E-state index in [1.165, 1.54) is 0 Å². The number of benzene rings is 2. The van der Waals surface area contributed by atoms with E-state index in [1.807, 2.05) is 55.5 Å². The molecule has 0 saturated heterocycles. The van der Waals surface area contributed by atoms with E-state index in [2.05, 4.69) is 5.32 Å². The van der Waals surface area contributed by atoms with Crippen LogP contribution in [0, 0.1) is 6.92 Å². The van der Waals surface area contributed by atoms with Crippen molar-refractivity contribution in [2.24, 2.45) is 0 Å². The summed E-state index contributed by atoms with van der Waals surface area (Å²) >= 11 is 0. The van der Waals surface area contributed by atoms with Crippen LogP contribution >= 0.6 is 0 Å². The molecule has 0 fully saturated rings. The maximum atomic E-state index is 12.2. The Bertz CT molecular complexity index is 640. The molecular formula is C18H21NO3. The molecule has 0 aromatic heterocycles. The SMILES string of the molecule is COc1ccccc1CNC(=O)[C@@H](C)Oc1ccccc1C. The van der Waals surface area contributed by atoms with Gasteiger partial charge in [0.2, 0.25) is 0 Å². The predicted octanol–water partition coefficient (Wildman–Crippen LogP) is 3.09. The van der Waals surface area contributed by atoms with E-state index in [1.54, 1.807) is 14.0 Å². The summed E-state index contributed by atoms with van der Waals surface area (Å²) in [6.07, 6.45) is -0.559. The first-order valence-electron chi connectivity index (χ1n) is 7.23. The number of hydrogen-bond acceptors (Lipinski definition) is 3. The lowest BCUT2D eigenvalue weighted by Gasteiger charge is -2.16. The Kier molecular flexibility index (Phi) is 5.42. The Balaban J connectivity index is 1.93. The quantitative estimate of drug-likeness (QED) is 0.891. The van der Waals surface area contributed by atoms with Crippen LogP contribution in [0.25, 0.3) is 0 Å². The third kappa shape index (κ3) is 4.01. The third-order valence-electron chi connectivity index (χ3n) is 3.41. The lowest BCUT2D eigenvalue weighted by atomic mass is 10.2. The number of aryl methyl sites for hydroxylation is 1. The molecule has 0 aliphatic heterocycles. The first kappa shape index (κ1) is 15.9. The Morgan fingerprint density at radius 3 is 2.41 bits per heavy atom. The number of carbonyl (C=O) groups is 1. The maximum absolute atomic E-state index is 12.2. The summed E-state index contributed by atoms with van der Waals surface area (Å²) in [6.45, 7) is 4.10. The van der Waals surface area contributed by atoms with Crippen LogP contribution in [0.4, 0.5) is 0 Å². The van der Waals surface area contributed by atoms with Gasteiger partial charge < -0.3 is 14.8 Å². The summed E-state index contributed by atoms with van der Waals surface area (Å²) in [4.78, 5) is 12.2. The third-order valence-corrected chi connectivity index (χ3v) is 3.41. The van der Waals surface area contributed by atoms with Crippen LogP contribution in [-0.2, 0) is 11.3 Å². The number of nitrogens with one attached hydrogen (secondary N) is 1. The second-order valence-corrected chi connectivity index (χ2v) is 5.06. The minimum Gasteiger partial charge on any atom is -0.496 e. The fraction of sp³-hybridized carbons (Fsp3) is 0.278. The Morgan fingerprint density at radius 1 is 1.09 bits per heavy atom. The highest BCUT2D eigenvalue weighted by atomic mass is 16.5. The summed E-state index contributed by atoms with van der Waals surface area (Å²) in [5, 5.41) is 2.87. The number of ether oxygens (including phenoxy) is 2. The van der Waals surface area contributed by atoms with Crippen LogP contribution in [0.2, 0.25) is 0 Å². The summed E-state index contributed by atoms with van der Waals surface area (Å²) in [5.74, 6) is 1.33. The van der Waals surface area contributed by atoms with Gasteiger partial charge in [0.05, 0.1) is 7.11 Å². The number of rotatable bonds is 6. The lowest BCUT2D eigenvalue weighted by molar-refractivity contribution is -0.127. The molecule has 0 aliphatic carbocycles. The normalized spacial score (nSPS) is 11.6. The van der Waals surface area contributed by atoms with E-state index in [0.717, 1.165) is 22.6 Å². The van der Waals surface area contributed by atoms with Gasteiger partial charge in [-0.2, -0.15) is 0 Å². The van der Waals surface area contributed by atoms with Crippen LogP contribution in [0.15, 0.2) is 48.5 Å². The van der Waals surface area contributed by atoms with E-state index in [0.29, 0.717) is 6.54 Å². The molecule has 2 aromatic rings. The molecule has 2 rings (SSSR count). The summed E-state index contributed by atoms with van der Waals surface area (Å²) in [6, 6.07) is 15.2. The zero-order chi connectivity index (χ0) is 15.9. The van der Waals surface area contributed by atoms with Gasteiger partial charge in [0.25, 0.3) is 5.91 Å². The highest BCUT2D eigenvalue weighted by molar-refractivity contribution is 5.80. The number of hydrogen-bond donors (Lipinski definition) is 1. The summed E-state index contributed by atoms with van der Waals surface area (Å²) < 4.78 is 11.0. The molecule has 2 aromatic carbocycles. The second-order valence-electron chi connectivity index (χ2n) is 5.06.